The van der Waals surface area contributed by atoms with Crippen molar-refractivity contribution in [3.8, 4) is 5.88 Å². The lowest BCUT2D eigenvalue weighted by Gasteiger charge is -2.25. The number of aliphatic carboxylic acids is 1. The molecule has 0 aliphatic carbocycles. The molecular formula is C29H32N4O5S. The summed E-state index contributed by atoms with van der Waals surface area (Å²) in [5.41, 5.74) is 5.30. The van der Waals surface area contributed by atoms with Crippen LogP contribution in [0.15, 0.2) is 59.6 Å². The number of sulfone groups is 1. The fourth-order valence-corrected chi connectivity index (χ4v) is 7.73. The molecule has 1 aliphatic heterocycles. The summed E-state index contributed by atoms with van der Waals surface area (Å²) < 4.78 is 34.9. The highest BCUT2D eigenvalue weighted by molar-refractivity contribution is 7.92. The fraction of sp³-hybridized carbons (Fsp3) is 0.379. The Hall–Kier alpha value is -3.79. The number of ether oxygens (including phenoxy) is 1. The van der Waals surface area contributed by atoms with Crippen LogP contribution in [0, 0.1) is 12.8 Å². The molecule has 4 unspecified atom stereocenters. The van der Waals surface area contributed by atoms with Crippen LogP contribution >= 0.6 is 0 Å². The van der Waals surface area contributed by atoms with E-state index in [1.54, 1.807) is 16.8 Å². The van der Waals surface area contributed by atoms with Crippen LogP contribution in [0.1, 0.15) is 54.9 Å². The molecule has 10 heteroatoms. The van der Waals surface area contributed by atoms with Crippen molar-refractivity contribution in [3.63, 3.8) is 0 Å². The molecule has 204 valence electrons. The smallest absolute Gasteiger partial charge is 0.304 e. The standard InChI is InChI=1S/C29H32N4O5S/c1-17-7-8-20(23(16-28(34)35)21-9-10-25-24(15-21)31-32-33(25)4)14-22(17)12-18(2)27-13-19(3)38-29-26(39(27,36)37)6-5-11-30-29/h5-11,14-15,18-19,23,27H,12-13,16H2,1-4H3,(H,34,35). The van der Waals surface area contributed by atoms with E-state index in [1.165, 1.54) is 6.20 Å². The van der Waals surface area contributed by atoms with Crippen molar-refractivity contribution in [1.82, 2.24) is 20.0 Å². The van der Waals surface area contributed by atoms with E-state index in [0.29, 0.717) is 18.4 Å². The molecule has 0 radical (unpaired) electrons. The van der Waals surface area contributed by atoms with Gasteiger partial charge in [-0.25, -0.2) is 18.1 Å². The number of hydrogen-bond acceptors (Lipinski definition) is 7. The maximum Gasteiger partial charge on any atom is 0.304 e. The predicted octanol–water partition coefficient (Wildman–Crippen LogP) is 4.47. The second kappa shape index (κ2) is 10.4. The van der Waals surface area contributed by atoms with Gasteiger partial charge in [0.05, 0.1) is 23.3 Å². The Morgan fingerprint density at radius 3 is 2.69 bits per heavy atom. The normalized spacial score (nSPS) is 20.0. The largest absolute Gasteiger partial charge is 0.481 e. The van der Waals surface area contributed by atoms with Crippen molar-refractivity contribution in [2.45, 2.75) is 62.2 Å². The number of benzene rings is 2. The lowest BCUT2D eigenvalue weighted by Crippen LogP contribution is -2.32. The van der Waals surface area contributed by atoms with E-state index >= 15 is 0 Å². The second-order valence-electron chi connectivity index (χ2n) is 10.5. The zero-order valence-electron chi connectivity index (χ0n) is 22.4. The number of carboxylic acids is 1. The second-order valence-corrected chi connectivity index (χ2v) is 12.7. The number of aromatic nitrogens is 4. The van der Waals surface area contributed by atoms with Crippen molar-refractivity contribution in [3.05, 3.63) is 77.0 Å². The minimum absolute atomic E-state index is 0.0839. The van der Waals surface area contributed by atoms with Crippen LogP contribution in [-0.2, 0) is 28.1 Å². The first-order valence-corrected chi connectivity index (χ1v) is 14.6. The van der Waals surface area contributed by atoms with Gasteiger partial charge < -0.3 is 9.84 Å². The third-order valence-corrected chi connectivity index (χ3v) is 10.1. The molecule has 4 atom stereocenters. The van der Waals surface area contributed by atoms with Gasteiger partial charge in [-0.2, -0.15) is 0 Å². The van der Waals surface area contributed by atoms with E-state index in [9.17, 15) is 18.3 Å². The van der Waals surface area contributed by atoms with Crippen LogP contribution in [0.3, 0.4) is 0 Å². The van der Waals surface area contributed by atoms with E-state index in [0.717, 1.165) is 27.8 Å². The average Bonchev–Trinajstić information content (AvgIpc) is 3.22. The van der Waals surface area contributed by atoms with Crippen molar-refractivity contribution in [1.29, 1.82) is 0 Å². The van der Waals surface area contributed by atoms with Crippen LogP contribution in [0.2, 0.25) is 0 Å². The van der Waals surface area contributed by atoms with Crippen LogP contribution < -0.4 is 4.74 Å². The predicted molar refractivity (Wildman–Crippen MR) is 147 cm³/mol. The number of fused-ring (bicyclic) bond motifs is 2. The van der Waals surface area contributed by atoms with Gasteiger partial charge in [-0.15, -0.1) is 5.10 Å². The van der Waals surface area contributed by atoms with Crippen molar-refractivity contribution < 1.29 is 23.1 Å². The van der Waals surface area contributed by atoms with E-state index in [2.05, 4.69) is 15.3 Å². The minimum Gasteiger partial charge on any atom is -0.481 e. The van der Waals surface area contributed by atoms with Gasteiger partial charge >= 0.3 is 5.97 Å². The van der Waals surface area contributed by atoms with Crippen LogP contribution in [0.25, 0.3) is 11.0 Å². The average molecular weight is 549 g/mol. The monoisotopic (exact) mass is 548 g/mol. The van der Waals surface area contributed by atoms with E-state index < -0.39 is 27.0 Å². The molecule has 2 aromatic heterocycles. The molecular weight excluding hydrogens is 516 g/mol. The molecule has 0 saturated carbocycles. The van der Waals surface area contributed by atoms with Gasteiger partial charge in [0.25, 0.3) is 0 Å². The SMILES string of the molecule is Cc1ccc(C(CC(=O)O)c2ccc3c(c2)nnn3C)cc1CC(C)C1CC(C)Oc2ncccc2S1(=O)=O. The molecule has 0 bridgehead atoms. The Morgan fingerprint density at radius 1 is 1.18 bits per heavy atom. The number of carbonyl (C=O) groups is 1. The first-order valence-electron chi connectivity index (χ1n) is 13.0. The molecule has 3 heterocycles. The highest BCUT2D eigenvalue weighted by Crippen LogP contribution is 2.37. The van der Waals surface area contributed by atoms with Crippen LogP contribution in [-0.4, -0.2) is 50.8 Å². The molecule has 0 saturated heterocycles. The summed E-state index contributed by atoms with van der Waals surface area (Å²) in [6.45, 7) is 5.82. The van der Waals surface area contributed by atoms with Crippen molar-refractivity contribution >= 4 is 26.8 Å². The minimum atomic E-state index is -3.67. The van der Waals surface area contributed by atoms with Gasteiger partial charge in [0.15, 0.2) is 9.84 Å². The summed E-state index contributed by atoms with van der Waals surface area (Å²) in [4.78, 5) is 16.2. The molecule has 0 amide bonds. The molecule has 9 nitrogen and oxygen atoms in total. The van der Waals surface area contributed by atoms with Gasteiger partial charge in [-0.3, -0.25) is 4.79 Å². The van der Waals surface area contributed by atoms with Gasteiger partial charge in [0.2, 0.25) is 5.88 Å². The molecule has 4 aromatic rings. The number of hydrogen-bond donors (Lipinski definition) is 1. The Balaban J connectivity index is 1.48. The molecule has 39 heavy (non-hydrogen) atoms. The summed E-state index contributed by atoms with van der Waals surface area (Å²) in [7, 11) is -1.86. The quantitative estimate of drug-likeness (QED) is 0.359. The Morgan fingerprint density at radius 2 is 1.92 bits per heavy atom. The summed E-state index contributed by atoms with van der Waals surface area (Å²) >= 11 is 0. The van der Waals surface area contributed by atoms with Crippen molar-refractivity contribution in [2.24, 2.45) is 13.0 Å². The number of carboxylic acid groups (broad SMARTS) is 1. The molecule has 0 spiro atoms. The molecule has 1 aliphatic rings. The lowest BCUT2D eigenvalue weighted by molar-refractivity contribution is -0.137. The van der Waals surface area contributed by atoms with Gasteiger partial charge in [-0.1, -0.05) is 36.4 Å². The summed E-state index contributed by atoms with van der Waals surface area (Å²) in [5, 5.41) is 17.3. The fourth-order valence-electron chi connectivity index (χ4n) is 5.56. The summed E-state index contributed by atoms with van der Waals surface area (Å²) in [5.74, 6) is -1.35. The van der Waals surface area contributed by atoms with Gasteiger partial charge in [-0.05, 0) is 72.7 Å². The summed E-state index contributed by atoms with van der Waals surface area (Å²) in [6.07, 6.45) is 2.04. The first kappa shape index (κ1) is 26.8. The number of pyridine rings is 1. The van der Waals surface area contributed by atoms with E-state index in [1.807, 2.05) is 64.2 Å². The first-order chi connectivity index (χ1) is 18.5. The molecule has 2 aromatic carbocycles. The number of nitrogens with zero attached hydrogens (tertiary/aromatic N) is 4. The van der Waals surface area contributed by atoms with Crippen molar-refractivity contribution in [2.75, 3.05) is 0 Å². The number of aryl methyl sites for hydroxylation is 2. The van der Waals surface area contributed by atoms with Gasteiger partial charge in [0, 0.05) is 25.6 Å². The van der Waals surface area contributed by atoms with Crippen LogP contribution in [0.4, 0.5) is 0 Å². The maximum atomic E-state index is 13.7. The maximum absolute atomic E-state index is 13.7. The molecule has 0 fully saturated rings. The Kier molecular flexibility index (Phi) is 7.15. The summed E-state index contributed by atoms with van der Waals surface area (Å²) in [6, 6.07) is 14.9. The Labute approximate surface area is 227 Å². The molecule has 5 rings (SSSR count). The third kappa shape index (κ3) is 5.25. The number of rotatable bonds is 7. The van der Waals surface area contributed by atoms with E-state index in [4.69, 9.17) is 4.74 Å². The van der Waals surface area contributed by atoms with E-state index in [-0.39, 0.29) is 29.2 Å². The zero-order valence-corrected chi connectivity index (χ0v) is 23.2. The Bertz CT molecular complexity index is 1650. The highest BCUT2D eigenvalue weighted by Gasteiger charge is 2.39. The van der Waals surface area contributed by atoms with Gasteiger partial charge in [0.1, 0.15) is 10.4 Å². The zero-order chi connectivity index (χ0) is 27.9. The third-order valence-electron chi connectivity index (χ3n) is 7.69. The van der Waals surface area contributed by atoms with Crippen LogP contribution in [0.5, 0.6) is 5.88 Å². The highest BCUT2D eigenvalue weighted by atomic mass is 32.2. The lowest BCUT2D eigenvalue weighted by atomic mass is 9.85. The topological polar surface area (TPSA) is 124 Å². The molecule has 1 N–H and O–H groups in total.